The Morgan fingerprint density at radius 2 is 2.14 bits per heavy atom. The summed E-state index contributed by atoms with van der Waals surface area (Å²) in [5.74, 6) is -0.273. The highest BCUT2D eigenvalue weighted by Gasteiger charge is 2.44. The average molecular weight is 541 g/mol. The van der Waals surface area contributed by atoms with Crippen LogP contribution in [0.25, 0.3) is 11.2 Å². The molecule has 1 fully saturated rings. The van der Waals surface area contributed by atoms with E-state index >= 15 is 0 Å². The number of nitrogen functional groups attached to an aromatic ring is 1. The Balaban J connectivity index is 1.59. The van der Waals surface area contributed by atoms with Gasteiger partial charge >= 0.3 is 13.7 Å². The summed E-state index contributed by atoms with van der Waals surface area (Å²) in [5.41, 5.74) is 6.54. The van der Waals surface area contributed by atoms with Crippen molar-refractivity contribution in [2.24, 2.45) is 0 Å². The third-order valence-corrected chi connectivity index (χ3v) is 7.20. The number of imidazole rings is 1. The number of fused-ring (bicyclic) bond motifs is 1. The number of hydrogen-bond donors (Lipinski definition) is 3. The number of aromatic nitrogens is 4. The number of hydrogen-bond acceptors (Lipinski definition) is 11. The molecule has 0 spiro atoms. The Bertz CT molecular complexity index is 1260. The lowest BCUT2D eigenvalue weighted by atomic mass is 10.2. The Morgan fingerprint density at radius 1 is 1.39 bits per heavy atom. The molecule has 2 aromatic heterocycles. The molecular weight excluding hydrogens is 515 g/mol. The Morgan fingerprint density at radius 3 is 2.83 bits per heavy atom. The molecule has 15 heteroatoms. The fourth-order valence-electron chi connectivity index (χ4n) is 3.70. The largest absolute Gasteiger partial charge is 0.465 e. The lowest BCUT2D eigenvalue weighted by Crippen LogP contribution is -2.37. The quantitative estimate of drug-likeness (QED) is 0.195. The van der Waals surface area contributed by atoms with Crippen LogP contribution in [0.5, 0.6) is 5.75 Å². The third kappa shape index (κ3) is 5.77. The van der Waals surface area contributed by atoms with E-state index in [1.807, 2.05) is 0 Å². The third-order valence-electron chi connectivity index (χ3n) is 5.33. The number of nitrogens with zero attached hydrogens (tertiary/aromatic N) is 4. The van der Waals surface area contributed by atoms with E-state index in [4.69, 9.17) is 35.9 Å². The monoisotopic (exact) mass is 540 g/mol. The van der Waals surface area contributed by atoms with Gasteiger partial charge in [0.15, 0.2) is 11.5 Å². The number of esters is 1. The van der Waals surface area contributed by atoms with Crippen molar-refractivity contribution < 1.29 is 33.0 Å². The highest BCUT2D eigenvalue weighted by Crippen LogP contribution is 2.49. The first-order valence-electron chi connectivity index (χ1n) is 11.1. The van der Waals surface area contributed by atoms with Crippen LogP contribution in [-0.2, 0) is 23.4 Å². The van der Waals surface area contributed by atoms with Crippen molar-refractivity contribution in [3.63, 3.8) is 0 Å². The number of halogens is 1. The number of nitrogens with one attached hydrogen (secondary N) is 1. The van der Waals surface area contributed by atoms with Gasteiger partial charge in [-0.1, -0.05) is 18.2 Å². The summed E-state index contributed by atoms with van der Waals surface area (Å²) in [6.45, 7) is 2.85. The van der Waals surface area contributed by atoms with Crippen LogP contribution in [0.4, 0.5) is 5.82 Å². The molecule has 0 amide bonds. The molecule has 1 aromatic carbocycles. The van der Waals surface area contributed by atoms with E-state index in [-0.39, 0.29) is 29.9 Å². The molecule has 194 valence electrons. The lowest BCUT2D eigenvalue weighted by molar-refractivity contribution is -0.144. The lowest BCUT2D eigenvalue weighted by Gasteiger charge is -2.26. The van der Waals surface area contributed by atoms with Gasteiger partial charge in [0, 0.05) is 6.42 Å². The maximum absolute atomic E-state index is 13.8. The normalized spacial score (nSPS) is 22.3. The molecule has 36 heavy (non-hydrogen) atoms. The number of carbonyl (C=O) groups excluding carboxylic acids is 1. The number of aliphatic hydroxyl groups is 1. The maximum atomic E-state index is 13.8. The molecule has 3 aromatic rings. The molecule has 1 aliphatic rings. The summed E-state index contributed by atoms with van der Waals surface area (Å²) in [6.07, 6.45) is -0.905. The number of rotatable bonds is 10. The van der Waals surface area contributed by atoms with Gasteiger partial charge in [-0.2, -0.15) is 15.1 Å². The summed E-state index contributed by atoms with van der Waals surface area (Å²) < 4.78 is 38.0. The second-order valence-electron chi connectivity index (χ2n) is 7.90. The molecule has 0 saturated carbocycles. The highest BCUT2D eigenvalue weighted by atomic mass is 35.5. The van der Waals surface area contributed by atoms with Crippen molar-refractivity contribution in [1.82, 2.24) is 24.6 Å². The number of anilines is 1. The van der Waals surface area contributed by atoms with Gasteiger partial charge in [0.1, 0.15) is 35.7 Å². The van der Waals surface area contributed by atoms with Crippen LogP contribution in [0.3, 0.4) is 0 Å². The van der Waals surface area contributed by atoms with Gasteiger partial charge in [-0.05, 0) is 37.6 Å². The van der Waals surface area contributed by atoms with Crippen LogP contribution < -0.4 is 15.3 Å². The summed E-state index contributed by atoms with van der Waals surface area (Å²) in [7, 11) is -4.18. The minimum absolute atomic E-state index is 0.0656. The van der Waals surface area contributed by atoms with Crippen molar-refractivity contribution in [1.29, 1.82) is 0 Å². The van der Waals surface area contributed by atoms with Crippen molar-refractivity contribution >= 4 is 42.3 Å². The molecular formula is C21H26ClN6O7P. The van der Waals surface area contributed by atoms with Crippen LogP contribution in [-0.4, -0.2) is 62.1 Å². The van der Waals surface area contributed by atoms with Crippen LogP contribution in [0.15, 0.2) is 36.7 Å². The van der Waals surface area contributed by atoms with Gasteiger partial charge in [-0.15, -0.1) is 0 Å². The second kappa shape index (κ2) is 11.1. The zero-order valence-corrected chi connectivity index (χ0v) is 21.1. The zero-order chi connectivity index (χ0) is 25.9. The predicted molar refractivity (Wildman–Crippen MR) is 129 cm³/mol. The topological polar surface area (TPSA) is 173 Å². The Kier molecular flexibility index (Phi) is 8.08. The van der Waals surface area contributed by atoms with E-state index in [1.54, 1.807) is 41.8 Å². The van der Waals surface area contributed by atoms with E-state index < -0.39 is 44.8 Å². The molecule has 5 atom stereocenters. The molecule has 0 bridgehead atoms. The van der Waals surface area contributed by atoms with Gasteiger partial charge in [0.25, 0.3) is 0 Å². The number of nitrogens with two attached hydrogens (primary N) is 1. The Labute approximate surface area is 211 Å². The molecule has 13 nitrogen and oxygen atoms in total. The predicted octanol–water partition coefficient (Wildman–Crippen LogP) is 2.46. The Hall–Kier alpha value is -2.80. The minimum Gasteiger partial charge on any atom is -0.465 e. The molecule has 1 aliphatic heterocycles. The number of ether oxygens (including phenoxy) is 2. The zero-order valence-electron chi connectivity index (χ0n) is 19.5. The highest BCUT2D eigenvalue weighted by molar-refractivity contribution is 7.52. The fourth-order valence-corrected chi connectivity index (χ4v) is 5.59. The van der Waals surface area contributed by atoms with Gasteiger partial charge in [-0.3, -0.25) is 13.9 Å². The van der Waals surface area contributed by atoms with Crippen LogP contribution >= 0.6 is 19.3 Å². The van der Waals surface area contributed by atoms with E-state index in [0.29, 0.717) is 11.2 Å². The van der Waals surface area contributed by atoms with E-state index in [2.05, 4.69) is 20.0 Å². The van der Waals surface area contributed by atoms with Crippen LogP contribution in [0.2, 0.25) is 5.28 Å². The van der Waals surface area contributed by atoms with Crippen molar-refractivity contribution in [2.45, 2.75) is 44.7 Å². The summed E-state index contributed by atoms with van der Waals surface area (Å²) >= 11 is 5.96. The average Bonchev–Trinajstić information content (AvgIpc) is 3.43. The molecule has 4 N–H and O–H groups in total. The summed E-state index contributed by atoms with van der Waals surface area (Å²) in [6, 6.07) is 7.34. The molecule has 1 saturated heterocycles. The number of para-hydroxylation sites is 1. The number of aliphatic hydroxyl groups excluding tert-OH is 1. The van der Waals surface area contributed by atoms with Crippen molar-refractivity contribution in [3.8, 4) is 5.75 Å². The van der Waals surface area contributed by atoms with Crippen LogP contribution in [0, 0.1) is 0 Å². The number of carbonyl (C=O) groups is 1. The van der Waals surface area contributed by atoms with Gasteiger partial charge < -0.3 is 24.8 Å². The molecule has 0 radical (unpaired) electrons. The van der Waals surface area contributed by atoms with Crippen molar-refractivity contribution in [3.05, 3.63) is 41.9 Å². The first kappa shape index (κ1) is 26.3. The summed E-state index contributed by atoms with van der Waals surface area (Å²) in [4.78, 5) is 24.5. The van der Waals surface area contributed by atoms with E-state index in [1.165, 1.54) is 13.3 Å². The SMILES string of the molecule is CCOC(=O)[C@H](C)NP(=O)(Oc1ccccc1)OC1C[C@H](n2cnc3c(N)nc(Cl)nc32)O[C@@H]1CO. The van der Waals surface area contributed by atoms with Gasteiger partial charge in [0.05, 0.1) is 19.5 Å². The van der Waals surface area contributed by atoms with Gasteiger partial charge in [-0.25, -0.2) is 9.55 Å². The second-order valence-corrected chi connectivity index (χ2v) is 9.88. The fraction of sp³-hybridized carbons (Fsp3) is 0.429. The molecule has 0 aliphatic carbocycles. The molecule has 3 heterocycles. The van der Waals surface area contributed by atoms with E-state index in [9.17, 15) is 14.5 Å². The first-order chi connectivity index (χ1) is 17.2. The summed E-state index contributed by atoms with van der Waals surface area (Å²) in [5, 5.41) is 12.5. The van der Waals surface area contributed by atoms with E-state index in [0.717, 1.165) is 0 Å². The smallest absolute Gasteiger partial charge is 0.459 e. The maximum Gasteiger partial charge on any atom is 0.459 e. The molecule has 4 rings (SSSR count). The standard InChI is InChI=1S/C21H26ClN6O7P/c1-3-32-20(30)12(2)27-36(31,34-13-7-5-4-6-8-13)35-14-9-16(33-15(14)10-29)28-11-24-17-18(23)25-21(22)26-19(17)28/h4-8,11-12,14-16,29H,3,9-10H2,1-2H3,(H,27,31)(H2,23,25,26)/t12-,14?,15+,16+,36?/m0/s1. The molecule has 2 unspecified atom stereocenters. The first-order valence-corrected chi connectivity index (χ1v) is 13.0. The number of benzene rings is 1. The van der Waals surface area contributed by atoms with Crippen molar-refractivity contribution in [2.75, 3.05) is 18.9 Å². The van der Waals surface area contributed by atoms with Crippen LogP contribution in [0.1, 0.15) is 26.5 Å². The van der Waals surface area contributed by atoms with Gasteiger partial charge in [0.2, 0.25) is 5.28 Å². The minimum atomic E-state index is -4.18.